The Hall–Kier alpha value is -2.73. The Balaban J connectivity index is 1.33. The summed E-state index contributed by atoms with van der Waals surface area (Å²) < 4.78 is 0. The topological polar surface area (TPSA) is 47.1 Å². The van der Waals surface area contributed by atoms with Gasteiger partial charge in [-0.1, -0.05) is 29.8 Å². The van der Waals surface area contributed by atoms with Gasteiger partial charge in [-0.15, -0.1) is 0 Å². The third-order valence-corrected chi connectivity index (χ3v) is 7.44. The number of amides is 3. The lowest BCUT2D eigenvalue weighted by molar-refractivity contribution is -0.134. The van der Waals surface area contributed by atoms with E-state index in [0.717, 1.165) is 50.3 Å². The van der Waals surface area contributed by atoms with Crippen LogP contribution in [0.4, 0.5) is 16.2 Å². The van der Waals surface area contributed by atoms with E-state index in [0.29, 0.717) is 31.1 Å². The molecule has 6 nitrogen and oxygen atoms in total. The molecule has 3 heterocycles. The van der Waals surface area contributed by atoms with E-state index >= 15 is 0 Å². The number of halogens is 1. The zero-order valence-corrected chi connectivity index (χ0v) is 19.9. The maximum Gasteiger partial charge on any atom is 0.324 e. The molecule has 0 N–H and O–H groups in total. The van der Waals surface area contributed by atoms with Gasteiger partial charge in [0.05, 0.1) is 5.92 Å². The van der Waals surface area contributed by atoms with Gasteiger partial charge in [0.2, 0.25) is 5.91 Å². The summed E-state index contributed by atoms with van der Waals surface area (Å²) in [4.78, 5) is 34.9. The molecule has 7 heteroatoms. The molecule has 2 aromatic carbocycles. The van der Waals surface area contributed by atoms with Gasteiger partial charge in [-0.05, 0) is 61.6 Å². The molecule has 3 aliphatic heterocycles. The standard InChI is InChI=1S/C26H31ClN4O2/c1-19-6-2-3-7-23(19)28-12-14-30(15-13-28)26(33)31-18-21(25(32)29-10-4-5-11-29)16-20-17-22(27)8-9-24(20)31/h2-3,6-9,17,21H,4-5,10-16,18H2,1H3/t21-/m0/s1. The Morgan fingerprint density at radius 1 is 0.879 bits per heavy atom. The highest BCUT2D eigenvalue weighted by atomic mass is 35.5. The summed E-state index contributed by atoms with van der Waals surface area (Å²) in [7, 11) is 0. The van der Waals surface area contributed by atoms with E-state index in [1.165, 1.54) is 11.3 Å². The summed E-state index contributed by atoms with van der Waals surface area (Å²) in [5.41, 5.74) is 4.36. The van der Waals surface area contributed by atoms with Crippen molar-refractivity contribution in [3.05, 3.63) is 58.6 Å². The average molecular weight is 467 g/mol. The number of para-hydroxylation sites is 1. The molecule has 0 aliphatic carbocycles. The SMILES string of the molecule is Cc1ccccc1N1CCN(C(=O)N2C[C@@H](C(=O)N3CCCC3)Cc3cc(Cl)ccc32)CC1. The first-order chi connectivity index (χ1) is 16.0. The van der Waals surface area contributed by atoms with Gasteiger partial charge in [0.25, 0.3) is 0 Å². The summed E-state index contributed by atoms with van der Waals surface area (Å²) in [6.07, 6.45) is 2.76. The monoisotopic (exact) mass is 466 g/mol. The van der Waals surface area contributed by atoms with Crippen molar-refractivity contribution in [2.75, 3.05) is 55.6 Å². The van der Waals surface area contributed by atoms with E-state index in [-0.39, 0.29) is 17.9 Å². The fourth-order valence-electron chi connectivity index (χ4n) is 5.40. The first kappa shape index (κ1) is 22.1. The lowest BCUT2D eigenvalue weighted by atomic mass is 9.91. The molecule has 1 atom stereocenters. The summed E-state index contributed by atoms with van der Waals surface area (Å²) in [6, 6.07) is 14.0. The molecule has 5 rings (SSSR count). The van der Waals surface area contributed by atoms with Crippen LogP contribution in [0.25, 0.3) is 0 Å². The number of carbonyl (C=O) groups excluding carboxylic acids is 2. The average Bonchev–Trinajstić information content (AvgIpc) is 3.38. The second kappa shape index (κ2) is 9.26. The maximum atomic E-state index is 13.7. The number of hydrogen-bond acceptors (Lipinski definition) is 3. The minimum absolute atomic E-state index is 0.0121. The highest BCUT2D eigenvalue weighted by Crippen LogP contribution is 2.34. The van der Waals surface area contributed by atoms with Crippen LogP contribution in [0.2, 0.25) is 5.02 Å². The molecule has 0 aromatic heterocycles. The number of carbonyl (C=O) groups is 2. The Kier molecular flexibility index (Phi) is 6.19. The van der Waals surface area contributed by atoms with Crippen molar-refractivity contribution in [2.24, 2.45) is 5.92 Å². The number of hydrogen-bond donors (Lipinski definition) is 0. The predicted molar refractivity (Wildman–Crippen MR) is 132 cm³/mol. The van der Waals surface area contributed by atoms with Gasteiger partial charge in [0.1, 0.15) is 0 Å². The van der Waals surface area contributed by atoms with Crippen LogP contribution in [-0.2, 0) is 11.2 Å². The summed E-state index contributed by atoms with van der Waals surface area (Å²) in [5.74, 6) is -0.0495. The van der Waals surface area contributed by atoms with Gasteiger partial charge >= 0.3 is 6.03 Å². The molecule has 0 unspecified atom stereocenters. The number of urea groups is 1. The lowest BCUT2D eigenvalue weighted by Crippen LogP contribution is -2.56. The van der Waals surface area contributed by atoms with E-state index in [1.54, 1.807) is 0 Å². The maximum absolute atomic E-state index is 13.7. The van der Waals surface area contributed by atoms with Crippen LogP contribution < -0.4 is 9.80 Å². The quantitative estimate of drug-likeness (QED) is 0.666. The van der Waals surface area contributed by atoms with E-state index in [2.05, 4.69) is 36.1 Å². The van der Waals surface area contributed by atoms with Crippen LogP contribution >= 0.6 is 11.6 Å². The third-order valence-electron chi connectivity index (χ3n) is 7.21. The number of likely N-dealkylation sites (tertiary alicyclic amines) is 1. The van der Waals surface area contributed by atoms with Gasteiger partial charge in [-0.2, -0.15) is 0 Å². The number of aryl methyl sites for hydroxylation is 1. The number of anilines is 2. The Morgan fingerprint density at radius 2 is 1.61 bits per heavy atom. The minimum Gasteiger partial charge on any atom is -0.368 e. The smallest absolute Gasteiger partial charge is 0.324 e. The first-order valence-corrected chi connectivity index (χ1v) is 12.3. The van der Waals surface area contributed by atoms with Crippen LogP contribution in [0, 0.1) is 12.8 Å². The Labute approximate surface area is 200 Å². The molecular weight excluding hydrogens is 436 g/mol. The van der Waals surface area contributed by atoms with Gasteiger partial charge < -0.3 is 14.7 Å². The summed E-state index contributed by atoms with van der Waals surface area (Å²) in [5, 5.41) is 0.641. The molecular formula is C26H31ClN4O2. The van der Waals surface area contributed by atoms with Gasteiger partial charge in [0, 0.05) is 62.2 Å². The number of rotatable bonds is 2. The van der Waals surface area contributed by atoms with Crippen molar-refractivity contribution in [3.8, 4) is 0 Å². The highest BCUT2D eigenvalue weighted by Gasteiger charge is 2.37. The van der Waals surface area contributed by atoms with Crippen molar-refractivity contribution < 1.29 is 9.59 Å². The molecule has 0 saturated carbocycles. The van der Waals surface area contributed by atoms with E-state index in [9.17, 15) is 9.59 Å². The van der Waals surface area contributed by atoms with Crippen molar-refractivity contribution >= 4 is 34.9 Å². The molecule has 33 heavy (non-hydrogen) atoms. The normalized spacial score (nSPS) is 20.7. The van der Waals surface area contributed by atoms with E-state index in [1.807, 2.05) is 32.9 Å². The second-order valence-electron chi connectivity index (χ2n) is 9.36. The Morgan fingerprint density at radius 3 is 2.33 bits per heavy atom. The zero-order valence-electron chi connectivity index (χ0n) is 19.2. The largest absolute Gasteiger partial charge is 0.368 e. The van der Waals surface area contributed by atoms with Crippen LogP contribution in [0.5, 0.6) is 0 Å². The lowest BCUT2D eigenvalue weighted by Gasteiger charge is -2.41. The van der Waals surface area contributed by atoms with Crippen molar-refractivity contribution in [3.63, 3.8) is 0 Å². The number of piperazine rings is 1. The van der Waals surface area contributed by atoms with Gasteiger partial charge in [-0.3, -0.25) is 9.69 Å². The molecule has 174 valence electrons. The van der Waals surface area contributed by atoms with E-state index in [4.69, 9.17) is 11.6 Å². The van der Waals surface area contributed by atoms with Crippen LogP contribution in [0.1, 0.15) is 24.0 Å². The predicted octanol–water partition coefficient (Wildman–Crippen LogP) is 4.19. The van der Waals surface area contributed by atoms with Crippen LogP contribution in [0.15, 0.2) is 42.5 Å². The molecule has 3 amide bonds. The minimum atomic E-state index is -0.216. The number of fused-ring (bicyclic) bond motifs is 1. The summed E-state index contributed by atoms with van der Waals surface area (Å²) >= 11 is 6.28. The molecule has 2 fully saturated rings. The molecule has 0 radical (unpaired) electrons. The third kappa shape index (κ3) is 4.41. The second-order valence-corrected chi connectivity index (χ2v) is 9.80. The van der Waals surface area contributed by atoms with Gasteiger partial charge in [-0.25, -0.2) is 4.79 Å². The molecule has 0 bridgehead atoms. The van der Waals surface area contributed by atoms with Crippen LogP contribution in [-0.4, -0.2) is 67.6 Å². The zero-order chi connectivity index (χ0) is 22.9. The summed E-state index contributed by atoms with van der Waals surface area (Å²) in [6.45, 7) is 7.14. The van der Waals surface area contributed by atoms with Gasteiger partial charge in [0.15, 0.2) is 0 Å². The molecule has 0 spiro atoms. The van der Waals surface area contributed by atoms with Crippen molar-refractivity contribution in [2.45, 2.75) is 26.2 Å². The van der Waals surface area contributed by atoms with Crippen molar-refractivity contribution in [1.29, 1.82) is 0 Å². The fourth-order valence-corrected chi connectivity index (χ4v) is 5.59. The molecule has 3 aliphatic rings. The van der Waals surface area contributed by atoms with E-state index < -0.39 is 0 Å². The number of nitrogens with zero attached hydrogens (tertiary/aromatic N) is 4. The van der Waals surface area contributed by atoms with Crippen molar-refractivity contribution in [1.82, 2.24) is 9.80 Å². The highest BCUT2D eigenvalue weighted by molar-refractivity contribution is 6.30. The molecule has 2 saturated heterocycles. The number of benzene rings is 2. The molecule has 2 aromatic rings. The Bertz CT molecular complexity index is 1040. The van der Waals surface area contributed by atoms with Crippen LogP contribution in [0.3, 0.4) is 0 Å². The fraction of sp³-hybridized carbons (Fsp3) is 0.462. The first-order valence-electron chi connectivity index (χ1n) is 12.0.